The Kier molecular flexibility index (Phi) is 5.21. The Labute approximate surface area is 147 Å². The van der Waals surface area contributed by atoms with Gasteiger partial charge in [-0.05, 0) is 24.9 Å². The van der Waals surface area contributed by atoms with E-state index in [1.165, 1.54) is 5.56 Å². The van der Waals surface area contributed by atoms with E-state index in [1.54, 1.807) is 11.1 Å². The van der Waals surface area contributed by atoms with Crippen LogP contribution in [0.4, 0.5) is 0 Å². The maximum absolute atomic E-state index is 12.9. The summed E-state index contributed by atoms with van der Waals surface area (Å²) in [5, 5.41) is 0.581. The molecule has 0 radical (unpaired) electrons. The largest absolute Gasteiger partial charge is 0.337 e. The summed E-state index contributed by atoms with van der Waals surface area (Å²) in [7, 11) is 3.70. The van der Waals surface area contributed by atoms with Crippen LogP contribution in [0.2, 0.25) is 5.15 Å². The van der Waals surface area contributed by atoms with Gasteiger partial charge < -0.3 is 9.47 Å². The zero-order valence-electron chi connectivity index (χ0n) is 14.2. The zero-order valence-corrected chi connectivity index (χ0v) is 14.9. The normalized spacial score (nSPS) is 18.0. The highest BCUT2D eigenvalue weighted by Gasteiger charge is 2.32. The molecule has 1 unspecified atom stereocenters. The predicted octanol–water partition coefficient (Wildman–Crippen LogP) is 2.70. The molecule has 0 saturated carbocycles. The molecule has 1 aliphatic heterocycles. The molecule has 2 aromatic rings. The van der Waals surface area contributed by atoms with Crippen molar-refractivity contribution in [1.82, 2.24) is 19.4 Å². The summed E-state index contributed by atoms with van der Waals surface area (Å²) >= 11 is 6.02. The van der Waals surface area contributed by atoms with Crippen molar-refractivity contribution in [1.29, 1.82) is 0 Å². The van der Waals surface area contributed by atoms with E-state index >= 15 is 0 Å². The number of nitrogens with zero attached hydrogens (tertiary/aromatic N) is 4. The smallest absolute Gasteiger partial charge is 0.240 e. The standard InChI is InChI=1S/C18H23ClN4O/c1-21(13-17-20-11-16(19)22(17)2)18(24)15-9-6-10-23(15)12-14-7-4-3-5-8-14/h3-5,7-8,11,15H,6,9-10,12-13H2,1-2H3. The molecule has 5 nitrogen and oxygen atoms in total. The second kappa shape index (κ2) is 7.36. The Hall–Kier alpha value is -1.85. The van der Waals surface area contributed by atoms with Gasteiger partial charge in [0.05, 0.1) is 18.8 Å². The SMILES string of the molecule is CN(Cc1ncc(Cl)n1C)C(=O)C1CCCN1Cc1ccccc1. The second-order valence-corrected chi connectivity index (χ2v) is 6.75. The van der Waals surface area contributed by atoms with Crippen LogP contribution in [0.15, 0.2) is 36.5 Å². The molecular formula is C18H23ClN4O. The Bertz CT molecular complexity index is 700. The topological polar surface area (TPSA) is 41.4 Å². The monoisotopic (exact) mass is 346 g/mol. The van der Waals surface area contributed by atoms with Crippen molar-refractivity contribution < 1.29 is 4.79 Å². The first-order valence-electron chi connectivity index (χ1n) is 8.25. The summed E-state index contributed by atoms with van der Waals surface area (Å²) < 4.78 is 1.81. The third-order valence-electron chi connectivity index (χ3n) is 4.66. The molecule has 2 heterocycles. The van der Waals surface area contributed by atoms with Crippen LogP contribution in [0.5, 0.6) is 0 Å². The average molecular weight is 347 g/mol. The Balaban J connectivity index is 1.65. The first kappa shape index (κ1) is 17.0. The number of carbonyl (C=O) groups excluding carboxylic acids is 1. The van der Waals surface area contributed by atoms with E-state index in [0.717, 1.165) is 31.8 Å². The van der Waals surface area contributed by atoms with E-state index in [-0.39, 0.29) is 11.9 Å². The number of carbonyl (C=O) groups is 1. The third-order valence-corrected chi connectivity index (χ3v) is 5.01. The lowest BCUT2D eigenvalue weighted by molar-refractivity contribution is -0.135. The molecule has 1 atom stereocenters. The molecule has 1 saturated heterocycles. The fourth-order valence-electron chi connectivity index (χ4n) is 3.23. The fraction of sp³-hybridized carbons (Fsp3) is 0.444. The lowest BCUT2D eigenvalue weighted by atomic mass is 10.1. The minimum atomic E-state index is -0.0500. The molecule has 1 aliphatic rings. The molecule has 1 aromatic heterocycles. The molecule has 6 heteroatoms. The van der Waals surface area contributed by atoms with E-state index in [4.69, 9.17) is 11.6 Å². The predicted molar refractivity (Wildman–Crippen MR) is 94.6 cm³/mol. The molecule has 0 aliphatic carbocycles. The number of likely N-dealkylation sites (N-methyl/N-ethyl adjacent to an activating group) is 1. The lowest BCUT2D eigenvalue weighted by Gasteiger charge is -2.28. The molecule has 3 rings (SSSR count). The maximum atomic E-state index is 12.9. The van der Waals surface area contributed by atoms with Crippen LogP contribution in [-0.2, 0) is 24.9 Å². The number of imidazole rings is 1. The summed E-state index contributed by atoms with van der Waals surface area (Å²) in [4.78, 5) is 21.2. The van der Waals surface area contributed by atoms with Crippen LogP contribution in [0, 0.1) is 0 Å². The van der Waals surface area contributed by atoms with Crippen LogP contribution in [-0.4, -0.2) is 44.9 Å². The van der Waals surface area contributed by atoms with Crippen molar-refractivity contribution >= 4 is 17.5 Å². The van der Waals surface area contributed by atoms with Gasteiger partial charge in [-0.2, -0.15) is 0 Å². The van der Waals surface area contributed by atoms with Gasteiger partial charge in [0.25, 0.3) is 0 Å². The zero-order chi connectivity index (χ0) is 17.1. The number of likely N-dealkylation sites (tertiary alicyclic amines) is 1. The number of halogens is 1. The van der Waals surface area contributed by atoms with Crippen LogP contribution < -0.4 is 0 Å². The van der Waals surface area contributed by atoms with Gasteiger partial charge in [0.1, 0.15) is 11.0 Å². The third kappa shape index (κ3) is 3.62. The minimum Gasteiger partial charge on any atom is -0.337 e. The van der Waals surface area contributed by atoms with E-state index < -0.39 is 0 Å². The van der Waals surface area contributed by atoms with Gasteiger partial charge >= 0.3 is 0 Å². The van der Waals surface area contributed by atoms with Crippen molar-refractivity contribution in [3.05, 3.63) is 53.1 Å². The maximum Gasteiger partial charge on any atom is 0.240 e. The van der Waals surface area contributed by atoms with Gasteiger partial charge in [0, 0.05) is 20.6 Å². The van der Waals surface area contributed by atoms with E-state index in [0.29, 0.717) is 11.7 Å². The highest BCUT2D eigenvalue weighted by molar-refractivity contribution is 6.29. The van der Waals surface area contributed by atoms with Gasteiger partial charge in [-0.15, -0.1) is 0 Å². The van der Waals surface area contributed by atoms with Gasteiger partial charge in [-0.1, -0.05) is 41.9 Å². The highest BCUT2D eigenvalue weighted by Crippen LogP contribution is 2.22. The number of aromatic nitrogens is 2. The summed E-state index contributed by atoms with van der Waals surface area (Å²) in [6.07, 6.45) is 3.59. The number of hydrogen-bond donors (Lipinski definition) is 0. The lowest BCUT2D eigenvalue weighted by Crippen LogP contribution is -2.43. The molecular weight excluding hydrogens is 324 g/mol. The summed E-state index contributed by atoms with van der Waals surface area (Å²) in [6, 6.07) is 10.3. The summed E-state index contributed by atoms with van der Waals surface area (Å²) in [6.45, 7) is 2.25. The van der Waals surface area contributed by atoms with E-state index in [9.17, 15) is 4.79 Å². The minimum absolute atomic E-state index is 0.0500. The molecule has 128 valence electrons. The first-order chi connectivity index (χ1) is 11.6. The van der Waals surface area contributed by atoms with Crippen molar-refractivity contribution in [2.24, 2.45) is 7.05 Å². The van der Waals surface area contributed by atoms with Gasteiger partial charge in [0.15, 0.2) is 0 Å². The molecule has 1 fully saturated rings. The quantitative estimate of drug-likeness (QED) is 0.835. The van der Waals surface area contributed by atoms with Gasteiger partial charge in [-0.3, -0.25) is 9.69 Å². The van der Waals surface area contributed by atoms with Crippen molar-refractivity contribution in [3.63, 3.8) is 0 Å². The van der Waals surface area contributed by atoms with Crippen LogP contribution in [0.1, 0.15) is 24.2 Å². The Morgan fingerprint density at radius 1 is 1.38 bits per heavy atom. The van der Waals surface area contributed by atoms with Crippen LogP contribution in [0.3, 0.4) is 0 Å². The number of benzene rings is 1. The Morgan fingerprint density at radius 2 is 2.12 bits per heavy atom. The highest BCUT2D eigenvalue weighted by atomic mass is 35.5. The van der Waals surface area contributed by atoms with Gasteiger partial charge in [-0.25, -0.2) is 4.98 Å². The van der Waals surface area contributed by atoms with E-state index in [1.807, 2.05) is 36.9 Å². The molecule has 0 spiro atoms. The first-order valence-corrected chi connectivity index (χ1v) is 8.63. The van der Waals surface area contributed by atoms with E-state index in [2.05, 4.69) is 22.0 Å². The number of hydrogen-bond acceptors (Lipinski definition) is 3. The fourth-order valence-corrected chi connectivity index (χ4v) is 3.37. The summed E-state index contributed by atoms with van der Waals surface area (Å²) in [5.74, 6) is 0.950. The van der Waals surface area contributed by atoms with Crippen LogP contribution in [0.25, 0.3) is 0 Å². The van der Waals surface area contributed by atoms with Gasteiger partial charge in [0.2, 0.25) is 5.91 Å². The summed E-state index contributed by atoms with van der Waals surface area (Å²) in [5.41, 5.74) is 1.25. The van der Waals surface area contributed by atoms with Crippen LogP contribution >= 0.6 is 11.6 Å². The second-order valence-electron chi connectivity index (χ2n) is 6.36. The molecule has 1 aromatic carbocycles. The number of rotatable bonds is 5. The Morgan fingerprint density at radius 3 is 2.79 bits per heavy atom. The molecule has 0 bridgehead atoms. The van der Waals surface area contributed by atoms with Crippen molar-refractivity contribution in [3.8, 4) is 0 Å². The molecule has 1 amide bonds. The number of amides is 1. The average Bonchev–Trinajstić information content (AvgIpc) is 3.17. The van der Waals surface area contributed by atoms with Crippen molar-refractivity contribution in [2.75, 3.05) is 13.6 Å². The molecule has 0 N–H and O–H groups in total. The molecule has 24 heavy (non-hydrogen) atoms. The van der Waals surface area contributed by atoms with Crippen molar-refractivity contribution in [2.45, 2.75) is 32.0 Å².